The summed E-state index contributed by atoms with van der Waals surface area (Å²) in [6.07, 6.45) is 2.37. The van der Waals surface area contributed by atoms with E-state index in [1.165, 1.54) is 11.1 Å². The minimum Gasteiger partial charge on any atom is -0.457 e. The van der Waals surface area contributed by atoms with E-state index in [1.807, 2.05) is 66.7 Å². The molecule has 158 valence electrons. The minimum absolute atomic E-state index is 0.0985. The topological polar surface area (TPSA) is 63.9 Å². The molecule has 1 aliphatic heterocycles. The number of para-hydroxylation sites is 1. The lowest BCUT2D eigenvalue weighted by molar-refractivity contribution is -0.131. The number of aromatic nitrogens is 1. The van der Waals surface area contributed by atoms with Crippen LogP contribution in [0.15, 0.2) is 101 Å². The Hall–Kier alpha value is -4.19. The first-order valence-corrected chi connectivity index (χ1v) is 10.5. The van der Waals surface area contributed by atoms with Crippen molar-refractivity contribution in [3.8, 4) is 11.5 Å². The fourth-order valence-corrected chi connectivity index (χ4v) is 3.81. The standard InChI is InChI=1S/C26H21N3O3/c30-25-14-15-28(18-26(31)29-16-13-23(27-29)19-7-3-1-4-8-19)24-12-11-21(17-22(24)25)32-20-9-5-2-6-10-20/h1-12,14-15,17H,13,16,18H2. The molecule has 3 aromatic carbocycles. The van der Waals surface area contributed by atoms with E-state index in [0.29, 0.717) is 28.9 Å². The van der Waals surface area contributed by atoms with Gasteiger partial charge in [0, 0.05) is 24.1 Å². The number of fused-ring (bicyclic) bond motifs is 1. The molecule has 0 spiro atoms. The van der Waals surface area contributed by atoms with Gasteiger partial charge in [-0.05, 0) is 35.9 Å². The fourth-order valence-electron chi connectivity index (χ4n) is 3.81. The van der Waals surface area contributed by atoms with Crippen LogP contribution in [0, 0.1) is 0 Å². The third-order valence-corrected chi connectivity index (χ3v) is 5.43. The summed E-state index contributed by atoms with van der Waals surface area (Å²) >= 11 is 0. The number of hydrazone groups is 1. The van der Waals surface area contributed by atoms with E-state index in [9.17, 15) is 9.59 Å². The monoisotopic (exact) mass is 423 g/mol. The summed E-state index contributed by atoms with van der Waals surface area (Å²) in [5.41, 5.74) is 2.50. The zero-order valence-electron chi connectivity index (χ0n) is 17.3. The van der Waals surface area contributed by atoms with Gasteiger partial charge in [-0.1, -0.05) is 48.5 Å². The molecule has 32 heavy (non-hydrogen) atoms. The zero-order valence-corrected chi connectivity index (χ0v) is 17.3. The summed E-state index contributed by atoms with van der Waals surface area (Å²) in [4.78, 5) is 25.4. The number of pyridine rings is 1. The Morgan fingerprint density at radius 2 is 1.66 bits per heavy atom. The molecule has 4 aromatic rings. The van der Waals surface area contributed by atoms with Gasteiger partial charge in [0.25, 0.3) is 5.91 Å². The molecule has 1 aliphatic rings. The molecule has 0 atom stereocenters. The summed E-state index contributed by atoms with van der Waals surface area (Å²) in [6, 6.07) is 26.1. The number of rotatable bonds is 5. The number of hydrogen-bond acceptors (Lipinski definition) is 4. The van der Waals surface area contributed by atoms with Crippen molar-refractivity contribution < 1.29 is 9.53 Å². The molecule has 0 unspecified atom stereocenters. The Labute approximate surface area is 185 Å². The molecule has 5 rings (SSSR count). The van der Waals surface area contributed by atoms with Crippen LogP contribution in [0.5, 0.6) is 11.5 Å². The number of nitrogens with zero attached hydrogens (tertiary/aromatic N) is 3. The lowest BCUT2D eigenvalue weighted by Crippen LogP contribution is -2.28. The first-order chi connectivity index (χ1) is 15.7. The van der Waals surface area contributed by atoms with Crippen LogP contribution in [0.4, 0.5) is 0 Å². The Morgan fingerprint density at radius 1 is 0.906 bits per heavy atom. The minimum atomic E-state index is -0.120. The van der Waals surface area contributed by atoms with E-state index >= 15 is 0 Å². The van der Waals surface area contributed by atoms with Gasteiger partial charge in [0.1, 0.15) is 18.0 Å². The van der Waals surface area contributed by atoms with Crippen molar-refractivity contribution >= 4 is 22.5 Å². The van der Waals surface area contributed by atoms with E-state index < -0.39 is 0 Å². The van der Waals surface area contributed by atoms with Gasteiger partial charge in [0.15, 0.2) is 5.43 Å². The Bertz CT molecular complexity index is 1360. The Balaban J connectivity index is 1.38. The van der Waals surface area contributed by atoms with Gasteiger partial charge in [-0.3, -0.25) is 9.59 Å². The van der Waals surface area contributed by atoms with Crippen molar-refractivity contribution in [3.05, 3.63) is 107 Å². The van der Waals surface area contributed by atoms with Crippen molar-refractivity contribution in [2.75, 3.05) is 6.54 Å². The smallest absolute Gasteiger partial charge is 0.262 e. The molecule has 2 heterocycles. The molecule has 0 fully saturated rings. The van der Waals surface area contributed by atoms with Crippen LogP contribution in [-0.2, 0) is 11.3 Å². The van der Waals surface area contributed by atoms with Crippen LogP contribution in [0.3, 0.4) is 0 Å². The van der Waals surface area contributed by atoms with Crippen molar-refractivity contribution in [1.82, 2.24) is 9.58 Å². The largest absolute Gasteiger partial charge is 0.457 e. The van der Waals surface area contributed by atoms with Crippen LogP contribution in [0.1, 0.15) is 12.0 Å². The normalized spacial score (nSPS) is 13.2. The average molecular weight is 423 g/mol. The average Bonchev–Trinajstić information content (AvgIpc) is 3.33. The van der Waals surface area contributed by atoms with E-state index in [0.717, 1.165) is 17.7 Å². The first-order valence-electron chi connectivity index (χ1n) is 10.5. The number of ether oxygens (including phenoxy) is 1. The molecule has 1 aromatic heterocycles. The summed E-state index contributed by atoms with van der Waals surface area (Å²) in [5, 5.41) is 6.53. The van der Waals surface area contributed by atoms with Gasteiger partial charge in [0.2, 0.25) is 0 Å². The lowest BCUT2D eigenvalue weighted by Gasteiger charge is -2.15. The van der Waals surface area contributed by atoms with Gasteiger partial charge >= 0.3 is 0 Å². The van der Waals surface area contributed by atoms with E-state index in [2.05, 4.69) is 5.10 Å². The third-order valence-electron chi connectivity index (χ3n) is 5.43. The van der Waals surface area contributed by atoms with Crippen LogP contribution in [0.2, 0.25) is 0 Å². The van der Waals surface area contributed by atoms with E-state index in [4.69, 9.17) is 4.74 Å². The second-order valence-electron chi connectivity index (χ2n) is 7.58. The molecule has 0 bridgehead atoms. The molecule has 6 nitrogen and oxygen atoms in total. The predicted octanol–water partition coefficient (Wildman–Crippen LogP) is 4.43. The van der Waals surface area contributed by atoms with Crippen molar-refractivity contribution in [2.24, 2.45) is 5.10 Å². The molecule has 6 heteroatoms. The van der Waals surface area contributed by atoms with Crippen LogP contribution < -0.4 is 10.2 Å². The highest BCUT2D eigenvalue weighted by atomic mass is 16.5. The quantitative estimate of drug-likeness (QED) is 0.477. The van der Waals surface area contributed by atoms with Crippen molar-refractivity contribution in [2.45, 2.75) is 13.0 Å². The maximum atomic E-state index is 12.9. The van der Waals surface area contributed by atoms with E-state index in [1.54, 1.807) is 22.9 Å². The third kappa shape index (κ3) is 4.03. The van der Waals surface area contributed by atoms with E-state index in [-0.39, 0.29) is 17.9 Å². The fraction of sp³-hybridized carbons (Fsp3) is 0.115. The molecule has 1 amide bonds. The van der Waals surface area contributed by atoms with Crippen LogP contribution in [0.25, 0.3) is 10.9 Å². The molecule has 0 radical (unpaired) electrons. The van der Waals surface area contributed by atoms with Crippen molar-refractivity contribution in [3.63, 3.8) is 0 Å². The SMILES string of the molecule is O=C(Cn1ccc(=O)c2cc(Oc3ccccc3)ccc21)N1CCC(c2ccccc2)=N1. The molecule has 0 saturated heterocycles. The summed E-state index contributed by atoms with van der Waals surface area (Å²) in [7, 11) is 0. The number of hydrogen-bond donors (Lipinski definition) is 0. The van der Waals surface area contributed by atoms with Gasteiger partial charge in [-0.2, -0.15) is 5.10 Å². The van der Waals surface area contributed by atoms with Gasteiger partial charge in [0.05, 0.1) is 17.8 Å². The van der Waals surface area contributed by atoms with Gasteiger partial charge in [-0.25, -0.2) is 5.01 Å². The maximum Gasteiger partial charge on any atom is 0.262 e. The molecule has 0 N–H and O–H groups in total. The highest BCUT2D eigenvalue weighted by Gasteiger charge is 2.22. The Kier molecular flexibility index (Phi) is 5.25. The van der Waals surface area contributed by atoms with Gasteiger partial charge in [-0.15, -0.1) is 0 Å². The van der Waals surface area contributed by atoms with Crippen molar-refractivity contribution in [1.29, 1.82) is 0 Å². The Morgan fingerprint density at radius 3 is 2.44 bits per heavy atom. The predicted molar refractivity (Wildman–Crippen MR) is 124 cm³/mol. The highest BCUT2D eigenvalue weighted by molar-refractivity contribution is 6.02. The van der Waals surface area contributed by atoms with Gasteiger partial charge < -0.3 is 9.30 Å². The summed E-state index contributed by atoms with van der Waals surface area (Å²) in [5.74, 6) is 1.14. The number of amides is 1. The first kappa shape index (κ1) is 19.8. The number of carbonyl (C=O) groups excluding carboxylic acids is 1. The van der Waals surface area contributed by atoms with Crippen LogP contribution >= 0.6 is 0 Å². The maximum absolute atomic E-state index is 12.9. The molecule has 0 saturated carbocycles. The molecular weight excluding hydrogens is 402 g/mol. The summed E-state index contributed by atoms with van der Waals surface area (Å²) < 4.78 is 7.64. The second kappa shape index (κ2) is 8.51. The number of benzene rings is 3. The van der Waals surface area contributed by atoms with Crippen LogP contribution in [-0.4, -0.2) is 27.7 Å². The lowest BCUT2D eigenvalue weighted by atomic mass is 10.1. The second-order valence-corrected chi connectivity index (χ2v) is 7.58. The summed E-state index contributed by atoms with van der Waals surface area (Å²) in [6.45, 7) is 0.650. The number of carbonyl (C=O) groups is 1. The molecule has 0 aliphatic carbocycles. The molecular formula is C26H21N3O3. The zero-order chi connectivity index (χ0) is 21.9. The highest BCUT2D eigenvalue weighted by Crippen LogP contribution is 2.24.